The van der Waals surface area contributed by atoms with Crippen molar-refractivity contribution < 1.29 is 4.84 Å². The van der Waals surface area contributed by atoms with E-state index in [1.165, 1.54) is 0 Å². The van der Waals surface area contributed by atoms with Crippen molar-refractivity contribution in [2.75, 3.05) is 6.61 Å². The van der Waals surface area contributed by atoms with Crippen LogP contribution in [0, 0.1) is 0 Å². The molecule has 0 rings (SSSR count). The first-order chi connectivity index (χ1) is 2.41. The van der Waals surface area contributed by atoms with Gasteiger partial charge in [0.05, 0.1) is 6.61 Å². The zero-order valence-corrected chi connectivity index (χ0v) is 4.48. The Balaban J connectivity index is 0. The molecule has 0 heterocycles. The second-order valence-corrected chi connectivity index (χ2v) is 0.622. The molecule has 2 N–H and O–H groups in total. The first-order valence-corrected chi connectivity index (χ1v) is 1.34. The summed E-state index contributed by atoms with van der Waals surface area (Å²) in [5.74, 6) is 4.57. The molecule has 3 heteroatoms. The molecule has 0 aromatic heterocycles. The lowest BCUT2D eigenvalue weighted by Crippen LogP contribution is -1.96. The van der Waals surface area contributed by atoms with Crippen molar-refractivity contribution in [2.45, 2.75) is 0 Å². The average Bonchev–Trinajstić information content (AvgIpc) is 1.41. The van der Waals surface area contributed by atoms with Crippen LogP contribution in [-0.4, -0.2) is 6.61 Å². The summed E-state index contributed by atoms with van der Waals surface area (Å²) in [6.07, 6.45) is 1.58. The number of nitrogens with two attached hydrogens (primary N) is 1. The van der Waals surface area contributed by atoms with Crippen molar-refractivity contribution in [3.05, 3.63) is 12.7 Å². The molecule has 0 fully saturated rings. The third-order valence-corrected chi connectivity index (χ3v) is 0.214. The molecule has 38 valence electrons. The zero-order chi connectivity index (χ0) is 4.12. The van der Waals surface area contributed by atoms with Crippen LogP contribution >= 0.6 is 13.5 Å². The van der Waals surface area contributed by atoms with Crippen LogP contribution in [0.15, 0.2) is 12.7 Å². The quantitative estimate of drug-likeness (QED) is 0.403. The summed E-state index contributed by atoms with van der Waals surface area (Å²) in [6, 6.07) is 0. The third kappa shape index (κ3) is 8.99. The van der Waals surface area contributed by atoms with E-state index in [2.05, 4.69) is 17.3 Å². The van der Waals surface area contributed by atoms with Crippen LogP contribution in [0.1, 0.15) is 0 Å². The molecule has 0 unspecified atom stereocenters. The van der Waals surface area contributed by atoms with Gasteiger partial charge in [-0.25, -0.2) is 5.90 Å². The van der Waals surface area contributed by atoms with Crippen LogP contribution in [0.2, 0.25) is 0 Å². The normalized spacial score (nSPS) is 6.17. The van der Waals surface area contributed by atoms with E-state index in [0.717, 1.165) is 0 Å². The van der Waals surface area contributed by atoms with E-state index in [4.69, 9.17) is 0 Å². The van der Waals surface area contributed by atoms with Crippen molar-refractivity contribution in [3.8, 4) is 0 Å². The van der Waals surface area contributed by atoms with Crippen LogP contribution in [-0.2, 0) is 4.84 Å². The van der Waals surface area contributed by atoms with Gasteiger partial charge >= 0.3 is 0 Å². The van der Waals surface area contributed by atoms with Crippen molar-refractivity contribution >= 4 is 13.5 Å². The maximum atomic E-state index is 4.57. The van der Waals surface area contributed by atoms with Gasteiger partial charge in [-0.3, -0.25) is 0 Å². The lowest BCUT2D eigenvalue weighted by Gasteiger charge is -1.79. The summed E-state index contributed by atoms with van der Waals surface area (Å²) in [5, 5.41) is 0. The van der Waals surface area contributed by atoms with Crippen molar-refractivity contribution in [2.24, 2.45) is 5.90 Å². The Morgan fingerprint density at radius 3 is 2.33 bits per heavy atom. The second-order valence-electron chi connectivity index (χ2n) is 0.622. The van der Waals surface area contributed by atoms with Gasteiger partial charge in [-0.1, -0.05) is 6.08 Å². The smallest absolute Gasteiger partial charge is 0.0858 e. The highest BCUT2D eigenvalue weighted by Gasteiger charge is 1.58. The van der Waals surface area contributed by atoms with Crippen LogP contribution < -0.4 is 5.90 Å². The molecule has 0 aliphatic rings. The number of hydrogen-bond acceptors (Lipinski definition) is 2. The first kappa shape index (κ1) is 9.38. The van der Waals surface area contributed by atoms with Gasteiger partial charge in [0.15, 0.2) is 0 Å². The van der Waals surface area contributed by atoms with E-state index in [9.17, 15) is 0 Å². The monoisotopic (exact) mass is 107 g/mol. The van der Waals surface area contributed by atoms with Gasteiger partial charge in [0, 0.05) is 0 Å². The van der Waals surface area contributed by atoms with Crippen LogP contribution in [0.4, 0.5) is 0 Å². The minimum atomic E-state index is 0. The van der Waals surface area contributed by atoms with Crippen molar-refractivity contribution in [1.82, 2.24) is 0 Å². The van der Waals surface area contributed by atoms with E-state index in [-0.39, 0.29) is 13.5 Å². The topological polar surface area (TPSA) is 35.2 Å². The molecule has 0 atom stereocenters. The number of hydrogen-bond donors (Lipinski definition) is 1. The van der Waals surface area contributed by atoms with Crippen molar-refractivity contribution in [1.29, 1.82) is 0 Å². The molecule has 0 bridgehead atoms. The molecule has 0 aromatic carbocycles. The molecule has 0 aromatic rings. The van der Waals surface area contributed by atoms with Gasteiger partial charge in [0.1, 0.15) is 0 Å². The lowest BCUT2D eigenvalue weighted by molar-refractivity contribution is 0.168. The van der Waals surface area contributed by atoms with Gasteiger partial charge in [-0.15, -0.1) is 6.58 Å². The molecule has 0 saturated carbocycles. The predicted octanol–water partition coefficient (Wildman–Crippen LogP) is 0.176. The minimum absolute atomic E-state index is 0. The second kappa shape index (κ2) is 8.89. The first-order valence-electron chi connectivity index (χ1n) is 1.34. The largest absolute Gasteiger partial charge is 0.300 e. The maximum absolute atomic E-state index is 4.57. The summed E-state index contributed by atoms with van der Waals surface area (Å²) >= 11 is 0. The maximum Gasteiger partial charge on any atom is 0.0858 e. The Hall–Kier alpha value is 0.0100. The predicted molar refractivity (Wildman–Crippen MR) is 30.7 cm³/mol. The van der Waals surface area contributed by atoms with E-state index < -0.39 is 0 Å². The zero-order valence-electron chi connectivity index (χ0n) is 3.48. The van der Waals surface area contributed by atoms with Crippen LogP contribution in [0.3, 0.4) is 0 Å². The Labute approximate surface area is 44.4 Å². The summed E-state index contributed by atoms with van der Waals surface area (Å²) in [5.41, 5.74) is 0. The Morgan fingerprint density at radius 2 is 2.33 bits per heavy atom. The summed E-state index contributed by atoms with van der Waals surface area (Å²) < 4.78 is 0. The lowest BCUT2D eigenvalue weighted by atomic mass is 10.7. The molecule has 0 radical (unpaired) electrons. The van der Waals surface area contributed by atoms with E-state index in [1.807, 2.05) is 0 Å². The minimum Gasteiger partial charge on any atom is -0.300 e. The van der Waals surface area contributed by atoms with Gasteiger partial charge in [-0.2, -0.15) is 13.5 Å². The van der Waals surface area contributed by atoms with E-state index in [0.29, 0.717) is 6.61 Å². The Kier molecular flexibility index (Phi) is 13.9. The molecule has 2 nitrogen and oxygen atoms in total. The van der Waals surface area contributed by atoms with Gasteiger partial charge in [0.2, 0.25) is 0 Å². The molecule has 6 heavy (non-hydrogen) atoms. The standard InChI is InChI=1S/C3H7NO.H2S/c1-2-3-5-4;/h2H,1,3-4H2;1H2. The fraction of sp³-hybridized carbons (Fsp3) is 0.333. The Bertz CT molecular complexity index is 32.0. The van der Waals surface area contributed by atoms with Crippen LogP contribution in [0.5, 0.6) is 0 Å². The van der Waals surface area contributed by atoms with Gasteiger partial charge in [0.25, 0.3) is 0 Å². The summed E-state index contributed by atoms with van der Waals surface area (Å²) in [4.78, 5) is 4.07. The highest BCUT2D eigenvalue weighted by atomic mass is 32.1. The van der Waals surface area contributed by atoms with Gasteiger partial charge in [-0.05, 0) is 0 Å². The summed E-state index contributed by atoms with van der Waals surface area (Å²) in [6.45, 7) is 3.78. The highest BCUT2D eigenvalue weighted by molar-refractivity contribution is 7.59. The fourth-order valence-electron chi connectivity index (χ4n) is 0.0680. The molecule has 0 amide bonds. The fourth-order valence-corrected chi connectivity index (χ4v) is 0.0680. The molecule has 0 spiro atoms. The Morgan fingerprint density at radius 1 is 1.83 bits per heavy atom. The van der Waals surface area contributed by atoms with Gasteiger partial charge < -0.3 is 4.84 Å². The molecule has 0 saturated heterocycles. The van der Waals surface area contributed by atoms with E-state index >= 15 is 0 Å². The highest BCUT2D eigenvalue weighted by Crippen LogP contribution is 1.56. The average molecular weight is 107 g/mol. The molecule has 0 aliphatic carbocycles. The van der Waals surface area contributed by atoms with Crippen molar-refractivity contribution in [3.63, 3.8) is 0 Å². The third-order valence-electron chi connectivity index (χ3n) is 0.214. The SMILES string of the molecule is C=CCON.S. The molecular formula is C3H9NOS. The van der Waals surface area contributed by atoms with Crippen LogP contribution in [0.25, 0.3) is 0 Å². The number of rotatable bonds is 2. The molecular weight excluding hydrogens is 98.1 g/mol. The molecule has 0 aliphatic heterocycles. The van der Waals surface area contributed by atoms with E-state index in [1.54, 1.807) is 6.08 Å². The summed E-state index contributed by atoms with van der Waals surface area (Å²) in [7, 11) is 0.